The smallest absolute Gasteiger partial charge is 0.231 e. The van der Waals surface area contributed by atoms with Gasteiger partial charge in [0.05, 0.1) is 25.4 Å². The molecule has 1 saturated heterocycles. The number of halogens is 2. The number of piperazine rings is 1. The van der Waals surface area contributed by atoms with Gasteiger partial charge < -0.3 is 19.3 Å². The molecule has 8 heteroatoms. The van der Waals surface area contributed by atoms with Crippen molar-refractivity contribution >= 4 is 0 Å². The highest BCUT2D eigenvalue weighted by atomic mass is 19.1. The summed E-state index contributed by atoms with van der Waals surface area (Å²) >= 11 is 0. The van der Waals surface area contributed by atoms with E-state index >= 15 is 0 Å². The Morgan fingerprint density at radius 3 is 2.06 bits per heavy atom. The highest BCUT2D eigenvalue weighted by molar-refractivity contribution is 5.44. The van der Waals surface area contributed by atoms with E-state index in [1.165, 1.54) is 24.3 Å². The molecule has 2 aliphatic rings. The van der Waals surface area contributed by atoms with E-state index in [4.69, 9.17) is 14.2 Å². The van der Waals surface area contributed by atoms with Crippen molar-refractivity contribution in [3.63, 3.8) is 0 Å². The van der Waals surface area contributed by atoms with Crippen molar-refractivity contribution in [2.24, 2.45) is 0 Å². The lowest BCUT2D eigenvalue weighted by atomic mass is 9.96. The van der Waals surface area contributed by atoms with Gasteiger partial charge in [0, 0.05) is 32.7 Å². The summed E-state index contributed by atoms with van der Waals surface area (Å²) in [6.07, 6.45) is -0.601. The number of benzene rings is 3. The van der Waals surface area contributed by atoms with E-state index in [2.05, 4.69) is 9.80 Å². The standard InChI is InChI=1S/C28H30F2N2O4/c29-23-6-2-21(3-7-23)28(22-4-8-24(30)9-5-22)32-13-11-31(12-14-32)16-25(33)18-34-17-20-1-10-26-27(15-20)36-19-35-26/h1-10,15,25,28,33H,11-14,16-19H2. The molecule has 0 aromatic heterocycles. The normalized spacial score (nSPS) is 17.0. The van der Waals surface area contributed by atoms with Crippen molar-refractivity contribution in [2.45, 2.75) is 18.8 Å². The second kappa shape index (κ2) is 11.3. The molecular weight excluding hydrogens is 466 g/mol. The van der Waals surface area contributed by atoms with Gasteiger partial charge in [0.2, 0.25) is 6.79 Å². The van der Waals surface area contributed by atoms with Gasteiger partial charge in [-0.3, -0.25) is 9.80 Å². The number of aliphatic hydroxyl groups excluding tert-OH is 1. The number of β-amino-alcohol motifs (C(OH)–C–C–N with tert-alkyl or cyclic N) is 1. The van der Waals surface area contributed by atoms with E-state index in [-0.39, 0.29) is 31.1 Å². The SMILES string of the molecule is OC(COCc1ccc2c(c1)OCO2)CN1CCN(C(c2ccc(F)cc2)c2ccc(F)cc2)CC1. The molecule has 1 fully saturated rings. The Morgan fingerprint density at radius 1 is 0.806 bits per heavy atom. The molecular formula is C28H30F2N2O4. The minimum absolute atomic E-state index is 0.0942. The van der Waals surface area contributed by atoms with E-state index in [9.17, 15) is 13.9 Å². The van der Waals surface area contributed by atoms with Crippen LogP contribution in [0.4, 0.5) is 8.78 Å². The predicted molar refractivity (Wildman–Crippen MR) is 131 cm³/mol. The van der Waals surface area contributed by atoms with Crippen molar-refractivity contribution < 1.29 is 28.1 Å². The number of aliphatic hydroxyl groups is 1. The zero-order valence-electron chi connectivity index (χ0n) is 20.0. The molecule has 0 amide bonds. The van der Waals surface area contributed by atoms with Crippen LogP contribution in [0.2, 0.25) is 0 Å². The average molecular weight is 497 g/mol. The summed E-state index contributed by atoms with van der Waals surface area (Å²) in [5.41, 5.74) is 2.90. The Bertz CT molecular complexity index is 1090. The van der Waals surface area contributed by atoms with Crippen molar-refractivity contribution in [2.75, 3.05) is 46.1 Å². The van der Waals surface area contributed by atoms with E-state index in [0.717, 1.165) is 48.6 Å². The number of hydrogen-bond acceptors (Lipinski definition) is 6. The number of fused-ring (bicyclic) bond motifs is 1. The molecule has 3 aromatic rings. The van der Waals surface area contributed by atoms with Gasteiger partial charge in [0.15, 0.2) is 11.5 Å². The Labute approximate surface area is 209 Å². The fraction of sp³-hybridized carbons (Fsp3) is 0.357. The third-order valence-electron chi connectivity index (χ3n) is 6.63. The minimum atomic E-state index is -0.601. The lowest BCUT2D eigenvalue weighted by Gasteiger charge is -2.40. The van der Waals surface area contributed by atoms with Gasteiger partial charge in [-0.25, -0.2) is 8.78 Å². The molecule has 0 bridgehead atoms. The molecule has 36 heavy (non-hydrogen) atoms. The van der Waals surface area contributed by atoms with Gasteiger partial charge >= 0.3 is 0 Å². The molecule has 1 atom stereocenters. The Morgan fingerprint density at radius 2 is 1.42 bits per heavy atom. The molecule has 1 unspecified atom stereocenters. The second-order valence-corrected chi connectivity index (χ2v) is 9.20. The summed E-state index contributed by atoms with van der Waals surface area (Å²) < 4.78 is 43.5. The first-order chi connectivity index (χ1) is 17.5. The van der Waals surface area contributed by atoms with Gasteiger partial charge in [-0.15, -0.1) is 0 Å². The minimum Gasteiger partial charge on any atom is -0.454 e. The second-order valence-electron chi connectivity index (χ2n) is 9.20. The summed E-state index contributed by atoms with van der Waals surface area (Å²) in [4.78, 5) is 4.54. The van der Waals surface area contributed by atoms with Crippen molar-refractivity contribution in [1.82, 2.24) is 9.80 Å². The first kappa shape index (κ1) is 24.6. The van der Waals surface area contributed by atoms with Crippen LogP contribution in [0.3, 0.4) is 0 Å². The van der Waals surface area contributed by atoms with Gasteiger partial charge in [0.25, 0.3) is 0 Å². The molecule has 0 saturated carbocycles. The molecule has 190 valence electrons. The van der Waals surface area contributed by atoms with E-state index in [1.54, 1.807) is 24.3 Å². The maximum atomic E-state index is 13.5. The predicted octanol–water partition coefficient (Wildman–Crippen LogP) is 3.98. The van der Waals surface area contributed by atoms with Crippen molar-refractivity contribution in [3.8, 4) is 11.5 Å². The fourth-order valence-corrected chi connectivity index (χ4v) is 4.80. The Hall–Kier alpha value is -3.04. The largest absolute Gasteiger partial charge is 0.454 e. The van der Waals surface area contributed by atoms with Crippen LogP contribution in [0.15, 0.2) is 66.7 Å². The molecule has 2 aliphatic heterocycles. The molecule has 3 aromatic carbocycles. The van der Waals surface area contributed by atoms with Gasteiger partial charge in [-0.2, -0.15) is 0 Å². The lowest BCUT2D eigenvalue weighted by Crippen LogP contribution is -2.50. The zero-order valence-corrected chi connectivity index (χ0v) is 20.0. The van der Waals surface area contributed by atoms with Crippen LogP contribution in [0.1, 0.15) is 22.7 Å². The van der Waals surface area contributed by atoms with Crippen LogP contribution in [0.25, 0.3) is 0 Å². The van der Waals surface area contributed by atoms with Gasteiger partial charge in [0.1, 0.15) is 11.6 Å². The third-order valence-corrected chi connectivity index (χ3v) is 6.63. The van der Waals surface area contributed by atoms with Crippen LogP contribution < -0.4 is 9.47 Å². The summed E-state index contributed by atoms with van der Waals surface area (Å²) in [7, 11) is 0. The molecule has 0 aliphatic carbocycles. The van der Waals surface area contributed by atoms with E-state index in [1.807, 2.05) is 18.2 Å². The fourth-order valence-electron chi connectivity index (χ4n) is 4.80. The number of rotatable bonds is 9. The molecule has 0 spiro atoms. The molecule has 1 N–H and O–H groups in total. The monoisotopic (exact) mass is 496 g/mol. The van der Waals surface area contributed by atoms with Gasteiger partial charge in [-0.05, 0) is 53.1 Å². The molecule has 0 radical (unpaired) electrons. The average Bonchev–Trinajstić information content (AvgIpc) is 3.35. The summed E-state index contributed by atoms with van der Waals surface area (Å²) in [5.74, 6) is 0.889. The molecule has 6 nitrogen and oxygen atoms in total. The molecule has 5 rings (SSSR count). The summed E-state index contributed by atoms with van der Waals surface area (Å²) in [6, 6.07) is 18.6. The number of hydrogen-bond donors (Lipinski definition) is 1. The van der Waals surface area contributed by atoms with Crippen molar-refractivity contribution in [3.05, 3.63) is 95.1 Å². The first-order valence-corrected chi connectivity index (χ1v) is 12.2. The van der Waals surface area contributed by atoms with Crippen LogP contribution in [-0.4, -0.2) is 67.1 Å². The Kier molecular flexibility index (Phi) is 7.77. The van der Waals surface area contributed by atoms with E-state index in [0.29, 0.717) is 18.9 Å². The highest BCUT2D eigenvalue weighted by Gasteiger charge is 2.27. The van der Waals surface area contributed by atoms with Gasteiger partial charge in [-0.1, -0.05) is 30.3 Å². The Balaban J connectivity index is 1.13. The van der Waals surface area contributed by atoms with Crippen LogP contribution in [-0.2, 0) is 11.3 Å². The quantitative estimate of drug-likeness (QED) is 0.484. The van der Waals surface area contributed by atoms with Crippen LogP contribution in [0.5, 0.6) is 11.5 Å². The maximum absolute atomic E-state index is 13.5. The summed E-state index contributed by atoms with van der Waals surface area (Å²) in [5, 5.41) is 10.5. The first-order valence-electron chi connectivity index (χ1n) is 12.2. The number of nitrogens with zero attached hydrogens (tertiary/aromatic N) is 2. The zero-order chi connectivity index (χ0) is 24.9. The number of ether oxygens (including phenoxy) is 3. The third kappa shape index (κ3) is 6.02. The highest BCUT2D eigenvalue weighted by Crippen LogP contribution is 2.33. The van der Waals surface area contributed by atoms with Crippen LogP contribution >= 0.6 is 0 Å². The molecule has 2 heterocycles. The van der Waals surface area contributed by atoms with Crippen molar-refractivity contribution in [1.29, 1.82) is 0 Å². The van der Waals surface area contributed by atoms with E-state index < -0.39 is 6.10 Å². The lowest BCUT2D eigenvalue weighted by molar-refractivity contribution is -0.000732. The topological polar surface area (TPSA) is 54.4 Å². The maximum Gasteiger partial charge on any atom is 0.231 e. The van der Waals surface area contributed by atoms with Crippen LogP contribution in [0, 0.1) is 11.6 Å². The summed E-state index contributed by atoms with van der Waals surface area (Å²) in [6.45, 7) is 4.47.